The molecular weight excluding hydrogens is 307 g/mol. The van der Waals surface area contributed by atoms with E-state index in [-0.39, 0.29) is 22.5 Å². The van der Waals surface area contributed by atoms with Crippen molar-refractivity contribution in [2.24, 2.45) is 0 Å². The number of carbonyl (C=O) groups excluding carboxylic acids is 1. The van der Waals surface area contributed by atoms with Gasteiger partial charge in [0.2, 0.25) is 0 Å². The van der Waals surface area contributed by atoms with Gasteiger partial charge in [0, 0.05) is 5.56 Å². The smallest absolute Gasteiger partial charge is 0.166 e. The van der Waals surface area contributed by atoms with Crippen LogP contribution in [0.4, 0.5) is 4.39 Å². The lowest BCUT2D eigenvalue weighted by atomic mass is 10.2. The number of halogens is 1. The molecule has 1 nitrogen and oxygen atoms in total. The minimum Gasteiger partial charge on any atom is -0.295 e. The van der Waals surface area contributed by atoms with Crippen LogP contribution in [0.2, 0.25) is 0 Å². The highest BCUT2D eigenvalue weighted by Crippen LogP contribution is 2.31. The van der Waals surface area contributed by atoms with Crippen molar-refractivity contribution in [1.29, 1.82) is 0 Å². The molecule has 3 heteroatoms. The summed E-state index contributed by atoms with van der Waals surface area (Å²) in [6.45, 7) is 1.56. The second-order valence-corrected chi connectivity index (χ2v) is 7.18. The van der Waals surface area contributed by atoms with Gasteiger partial charge in [-0.05, 0) is 67.6 Å². The minimum absolute atomic E-state index is 0.0536. The second kappa shape index (κ2) is 6.80. The lowest BCUT2D eigenvalue weighted by Gasteiger charge is -2.08. The maximum atomic E-state index is 13.3. The van der Waals surface area contributed by atoms with E-state index in [1.54, 1.807) is 6.92 Å². The Bertz CT molecular complexity index is 795. The Balaban J connectivity index is 2.08. The number of Topliss-reactive ketones (excluding diaryl/α,β-unsaturated/α-hetero) is 1. The monoisotopic (exact) mass is 323 g/mol. The molecule has 23 heavy (non-hydrogen) atoms. The van der Waals surface area contributed by atoms with Gasteiger partial charge in [0.25, 0.3) is 0 Å². The van der Waals surface area contributed by atoms with E-state index in [1.807, 2.05) is 54.6 Å². The van der Waals surface area contributed by atoms with Gasteiger partial charge in [-0.2, -0.15) is 0 Å². The topological polar surface area (TPSA) is 17.1 Å². The molecule has 0 saturated heterocycles. The number of hydrogen-bond donors (Lipinski definition) is 0. The van der Waals surface area contributed by atoms with Crippen molar-refractivity contribution in [3.63, 3.8) is 0 Å². The van der Waals surface area contributed by atoms with E-state index in [2.05, 4.69) is 12.1 Å². The zero-order valence-corrected chi connectivity index (χ0v) is 13.5. The third-order valence-electron chi connectivity index (χ3n) is 3.52. The molecule has 0 spiro atoms. The van der Waals surface area contributed by atoms with Gasteiger partial charge in [0.1, 0.15) is 5.82 Å². The lowest BCUT2D eigenvalue weighted by Crippen LogP contribution is -2.05. The number of rotatable bonds is 4. The first-order valence-corrected chi connectivity index (χ1v) is 8.53. The first kappa shape index (κ1) is 15.5. The van der Waals surface area contributed by atoms with Gasteiger partial charge in [-0.15, -0.1) is 0 Å². The summed E-state index contributed by atoms with van der Waals surface area (Å²) in [5, 5.41) is 0. The van der Waals surface area contributed by atoms with Crippen LogP contribution in [-0.4, -0.2) is 5.78 Å². The fourth-order valence-electron chi connectivity index (χ4n) is 2.36. The SMILES string of the molecule is CC(=O)c1ccc([S+](c2ccccc2)c2ccc(F)cc2)cc1. The maximum Gasteiger partial charge on any atom is 0.166 e. The van der Waals surface area contributed by atoms with Crippen molar-refractivity contribution < 1.29 is 9.18 Å². The Labute approximate surface area is 138 Å². The summed E-state index contributed by atoms with van der Waals surface area (Å²) >= 11 is 0. The summed E-state index contributed by atoms with van der Waals surface area (Å²) in [6.07, 6.45) is 0. The van der Waals surface area contributed by atoms with E-state index in [1.165, 1.54) is 12.1 Å². The van der Waals surface area contributed by atoms with Crippen LogP contribution >= 0.6 is 0 Å². The van der Waals surface area contributed by atoms with Gasteiger partial charge >= 0.3 is 0 Å². The number of carbonyl (C=O) groups is 1. The molecule has 0 aromatic heterocycles. The molecule has 0 bridgehead atoms. The maximum absolute atomic E-state index is 13.3. The van der Waals surface area contributed by atoms with Gasteiger partial charge in [0.05, 0.1) is 10.9 Å². The fourth-order valence-corrected chi connectivity index (χ4v) is 4.42. The molecule has 1 unspecified atom stereocenters. The van der Waals surface area contributed by atoms with E-state index < -0.39 is 0 Å². The third-order valence-corrected chi connectivity index (χ3v) is 5.76. The normalized spacial score (nSPS) is 11.9. The van der Waals surface area contributed by atoms with Crippen LogP contribution < -0.4 is 0 Å². The Hall–Kier alpha value is -2.39. The molecule has 0 N–H and O–H groups in total. The zero-order valence-electron chi connectivity index (χ0n) is 12.7. The molecule has 3 rings (SSSR count). The van der Waals surface area contributed by atoms with Crippen LogP contribution in [0.15, 0.2) is 93.5 Å². The van der Waals surface area contributed by atoms with Gasteiger partial charge in [0.15, 0.2) is 20.5 Å². The molecule has 0 fully saturated rings. The van der Waals surface area contributed by atoms with Crippen LogP contribution in [0, 0.1) is 5.82 Å². The lowest BCUT2D eigenvalue weighted by molar-refractivity contribution is 0.101. The minimum atomic E-state index is -0.322. The Morgan fingerprint density at radius 3 is 1.74 bits per heavy atom. The Morgan fingerprint density at radius 2 is 1.22 bits per heavy atom. The molecule has 1 atom stereocenters. The quantitative estimate of drug-likeness (QED) is 0.481. The average Bonchev–Trinajstić information content (AvgIpc) is 2.58. The predicted octanol–water partition coefficient (Wildman–Crippen LogP) is 5.12. The Morgan fingerprint density at radius 1 is 0.739 bits per heavy atom. The summed E-state index contributed by atoms with van der Waals surface area (Å²) in [4.78, 5) is 14.8. The van der Waals surface area contributed by atoms with Crippen LogP contribution in [0.3, 0.4) is 0 Å². The molecule has 0 saturated carbocycles. The molecule has 3 aromatic carbocycles. The standard InChI is InChI=1S/C20H16FOS/c1-15(22)16-7-11-19(12-8-16)23(18-5-3-2-4-6-18)20-13-9-17(21)10-14-20/h2-14H,1H3/q+1. The average molecular weight is 323 g/mol. The van der Waals surface area contributed by atoms with E-state index in [9.17, 15) is 9.18 Å². The first-order chi connectivity index (χ1) is 11.1. The van der Waals surface area contributed by atoms with E-state index in [0.717, 1.165) is 14.7 Å². The van der Waals surface area contributed by atoms with Crippen LogP contribution in [0.25, 0.3) is 0 Å². The highest BCUT2D eigenvalue weighted by Gasteiger charge is 2.28. The molecule has 114 valence electrons. The van der Waals surface area contributed by atoms with Gasteiger partial charge in [-0.3, -0.25) is 4.79 Å². The van der Waals surface area contributed by atoms with Crippen LogP contribution in [0.5, 0.6) is 0 Å². The third kappa shape index (κ3) is 3.51. The van der Waals surface area contributed by atoms with Crippen molar-refractivity contribution >= 4 is 16.7 Å². The molecule has 0 aliphatic carbocycles. The summed E-state index contributed by atoms with van der Waals surface area (Å²) in [7, 11) is -0.322. The molecule has 3 aromatic rings. The summed E-state index contributed by atoms with van der Waals surface area (Å²) < 4.78 is 13.3. The van der Waals surface area contributed by atoms with Crippen molar-refractivity contribution in [3.8, 4) is 0 Å². The summed E-state index contributed by atoms with van der Waals surface area (Å²) in [5.41, 5.74) is 0.699. The zero-order chi connectivity index (χ0) is 16.2. The molecular formula is C20H16FOS+. The summed E-state index contributed by atoms with van der Waals surface area (Å²) in [5.74, 6) is -0.185. The molecule has 0 heterocycles. The van der Waals surface area contributed by atoms with Crippen molar-refractivity contribution in [3.05, 3.63) is 90.2 Å². The van der Waals surface area contributed by atoms with Crippen molar-refractivity contribution in [1.82, 2.24) is 0 Å². The molecule has 0 radical (unpaired) electrons. The fraction of sp³-hybridized carbons (Fsp3) is 0.0500. The first-order valence-electron chi connectivity index (χ1n) is 7.31. The largest absolute Gasteiger partial charge is 0.295 e. The van der Waals surface area contributed by atoms with E-state index in [4.69, 9.17) is 0 Å². The number of ketones is 1. The van der Waals surface area contributed by atoms with Gasteiger partial charge in [-0.1, -0.05) is 18.2 Å². The Kier molecular flexibility index (Phi) is 4.58. The molecule has 0 amide bonds. The van der Waals surface area contributed by atoms with Gasteiger partial charge < -0.3 is 0 Å². The highest BCUT2D eigenvalue weighted by molar-refractivity contribution is 7.97. The van der Waals surface area contributed by atoms with Crippen LogP contribution in [-0.2, 0) is 10.9 Å². The van der Waals surface area contributed by atoms with Crippen LogP contribution in [0.1, 0.15) is 17.3 Å². The van der Waals surface area contributed by atoms with E-state index in [0.29, 0.717) is 5.56 Å². The second-order valence-electron chi connectivity index (χ2n) is 5.15. The number of hydrogen-bond acceptors (Lipinski definition) is 1. The van der Waals surface area contributed by atoms with Gasteiger partial charge in [-0.25, -0.2) is 4.39 Å². The highest BCUT2D eigenvalue weighted by atomic mass is 32.2. The molecule has 0 aliphatic rings. The number of benzene rings is 3. The molecule has 0 aliphatic heterocycles. The summed E-state index contributed by atoms with van der Waals surface area (Å²) in [6, 6.07) is 24.4. The van der Waals surface area contributed by atoms with Crippen molar-refractivity contribution in [2.45, 2.75) is 21.6 Å². The van der Waals surface area contributed by atoms with E-state index >= 15 is 0 Å². The van der Waals surface area contributed by atoms with Crippen molar-refractivity contribution in [2.75, 3.05) is 0 Å². The predicted molar refractivity (Wildman–Crippen MR) is 91.5 cm³/mol.